The van der Waals surface area contributed by atoms with E-state index in [2.05, 4.69) is 46.0 Å². The average molecular weight is 276 g/mol. The summed E-state index contributed by atoms with van der Waals surface area (Å²) in [5.74, 6) is 1.86. The summed E-state index contributed by atoms with van der Waals surface area (Å²) in [5, 5.41) is 0. The van der Waals surface area contributed by atoms with E-state index in [-0.39, 0.29) is 6.17 Å². The molecule has 1 aliphatic rings. The van der Waals surface area contributed by atoms with Gasteiger partial charge in [-0.25, -0.2) is 9.98 Å². The molecule has 6 nitrogen and oxygen atoms in total. The third-order valence-electron chi connectivity index (χ3n) is 3.25. The van der Waals surface area contributed by atoms with Crippen LogP contribution in [0.25, 0.3) is 0 Å². The van der Waals surface area contributed by atoms with Gasteiger partial charge < -0.3 is 14.8 Å². The Morgan fingerprint density at radius 2 is 1.85 bits per heavy atom. The lowest BCUT2D eigenvalue weighted by Gasteiger charge is -2.35. The van der Waals surface area contributed by atoms with Crippen molar-refractivity contribution in [3.05, 3.63) is 23.5 Å². The summed E-state index contributed by atoms with van der Waals surface area (Å²) in [7, 11) is 8.05. The first kappa shape index (κ1) is 14.4. The van der Waals surface area contributed by atoms with Crippen molar-refractivity contribution < 1.29 is 0 Å². The monoisotopic (exact) mass is 276 g/mol. The zero-order valence-corrected chi connectivity index (χ0v) is 13.2. The zero-order chi connectivity index (χ0) is 14.9. The highest BCUT2D eigenvalue weighted by atomic mass is 15.5. The van der Waals surface area contributed by atoms with E-state index in [1.165, 1.54) is 11.4 Å². The maximum atomic E-state index is 4.64. The van der Waals surface area contributed by atoms with Crippen LogP contribution in [0.3, 0.4) is 0 Å². The van der Waals surface area contributed by atoms with Crippen LogP contribution in [-0.2, 0) is 6.54 Å². The number of guanidine groups is 2. The summed E-state index contributed by atoms with van der Waals surface area (Å²) >= 11 is 0. The van der Waals surface area contributed by atoms with Crippen molar-refractivity contribution in [1.29, 1.82) is 0 Å². The standard InChI is InChI=1S/C14H24N6/c1-10-7-8-12(15-10)9-19(5)14-17-11(2)16-13(18(3)4)20(14)6/h7-8,11,15H,9H2,1-6H3. The molecule has 2 rings (SSSR count). The third-order valence-corrected chi connectivity index (χ3v) is 3.25. The van der Waals surface area contributed by atoms with E-state index in [1.54, 1.807) is 0 Å². The second kappa shape index (κ2) is 5.56. The molecule has 0 bridgehead atoms. The Labute approximate surface area is 120 Å². The Balaban J connectivity index is 2.15. The highest BCUT2D eigenvalue weighted by molar-refractivity contribution is 5.99. The van der Waals surface area contributed by atoms with E-state index in [1.807, 2.05) is 37.9 Å². The molecule has 2 heterocycles. The van der Waals surface area contributed by atoms with Crippen LogP contribution >= 0.6 is 0 Å². The second-order valence-corrected chi connectivity index (χ2v) is 5.47. The molecule has 0 fully saturated rings. The highest BCUT2D eigenvalue weighted by Crippen LogP contribution is 2.12. The molecule has 0 saturated heterocycles. The molecule has 0 aliphatic carbocycles. The minimum Gasteiger partial charge on any atom is -0.361 e. The zero-order valence-electron chi connectivity index (χ0n) is 13.2. The number of aryl methyl sites for hydroxylation is 1. The molecular weight excluding hydrogens is 252 g/mol. The Kier molecular flexibility index (Phi) is 4.01. The first-order valence-electron chi connectivity index (χ1n) is 6.80. The third kappa shape index (κ3) is 2.95. The van der Waals surface area contributed by atoms with E-state index >= 15 is 0 Å². The number of rotatable bonds is 2. The number of aromatic amines is 1. The summed E-state index contributed by atoms with van der Waals surface area (Å²) in [6.45, 7) is 4.86. The Hall–Kier alpha value is -1.98. The molecule has 20 heavy (non-hydrogen) atoms. The van der Waals surface area contributed by atoms with E-state index in [4.69, 9.17) is 0 Å². The van der Waals surface area contributed by atoms with Gasteiger partial charge in [-0.2, -0.15) is 0 Å². The molecule has 1 unspecified atom stereocenters. The molecule has 0 amide bonds. The van der Waals surface area contributed by atoms with Gasteiger partial charge in [0.05, 0.1) is 6.54 Å². The Bertz CT molecular complexity index is 528. The fourth-order valence-electron chi connectivity index (χ4n) is 2.38. The van der Waals surface area contributed by atoms with Gasteiger partial charge in [-0.3, -0.25) is 4.90 Å². The molecule has 6 heteroatoms. The van der Waals surface area contributed by atoms with Gasteiger partial charge in [0.1, 0.15) is 6.17 Å². The second-order valence-electron chi connectivity index (χ2n) is 5.47. The van der Waals surface area contributed by atoms with Gasteiger partial charge in [0, 0.05) is 39.6 Å². The minimum absolute atomic E-state index is 0.0496. The van der Waals surface area contributed by atoms with E-state index in [0.717, 1.165) is 18.5 Å². The SMILES string of the molecule is Cc1ccc(CN(C)C2=NC(C)N=C(N(C)C)N2C)[nH]1. The fraction of sp³-hybridized carbons (Fsp3) is 0.571. The summed E-state index contributed by atoms with van der Waals surface area (Å²) in [6, 6.07) is 4.20. The molecule has 1 aromatic rings. The molecular formula is C14H24N6. The molecule has 0 spiro atoms. The molecule has 1 aliphatic heterocycles. The lowest BCUT2D eigenvalue weighted by Crippen LogP contribution is -2.50. The summed E-state index contributed by atoms with van der Waals surface area (Å²) in [5.41, 5.74) is 2.36. The van der Waals surface area contributed by atoms with Crippen LogP contribution in [0.5, 0.6) is 0 Å². The lowest BCUT2D eigenvalue weighted by molar-refractivity contribution is 0.402. The van der Waals surface area contributed by atoms with Crippen LogP contribution in [0.15, 0.2) is 22.1 Å². The number of hydrogen-bond acceptors (Lipinski definition) is 5. The molecule has 110 valence electrons. The summed E-state index contributed by atoms with van der Waals surface area (Å²) in [6.07, 6.45) is -0.0496. The topological polar surface area (TPSA) is 50.2 Å². The molecule has 0 radical (unpaired) electrons. The number of nitrogens with zero attached hydrogens (tertiary/aromatic N) is 5. The normalized spacial score (nSPS) is 18.7. The van der Waals surface area contributed by atoms with Crippen molar-refractivity contribution in [2.24, 2.45) is 9.98 Å². The van der Waals surface area contributed by atoms with E-state index in [0.29, 0.717) is 0 Å². The number of aliphatic imine (C=N–C) groups is 2. The van der Waals surface area contributed by atoms with Crippen molar-refractivity contribution in [3.8, 4) is 0 Å². The van der Waals surface area contributed by atoms with Crippen LogP contribution in [0, 0.1) is 6.92 Å². The van der Waals surface area contributed by atoms with Gasteiger partial charge in [-0.1, -0.05) is 0 Å². The van der Waals surface area contributed by atoms with Gasteiger partial charge in [0.2, 0.25) is 11.9 Å². The smallest absolute Gasteiger partial charge is 0.205 e. The molecule has 1 atom stereocenters. The Morgan fingerprint density at radius 1 is 1.20 bits per heavy atom. The summed E-state index contributed by atoms with van der Waals surface area (Å²) in [4.78, 5) is 18.7. The van der Waals surface area contributed by atoms with Gasteiger partial charge in [0.15, 0.2) is 0 Å². The lowest BCUT2D eigenvalue weighted by atomic mass is 10.4. The molecule has 0 aromatic carbocycles. The van der Waals surface area contributed by atoms with Crippen LogP contribution < -0.4 is 0 Å². The Morgan fingerprint density at radius 3 is 2.40 bits per heavy atom. The minimum atomic E-state index is -0.0496. The maximum absolute atomic E-state index is 4.64. The molecule has 0 saturated carbocycles. The van der Waals surface area contributed by atoms with Crippen LogP contribution in [0.1, 0.15) is 18.3 Å². The van der Waals surface area contributed by atoms with E-state index < -0.39 is 0 Å². The van der Waals surface area contributed by atoms with Gasteiger partial charge in [-0.05, 0) is 26.0 Å². The largest absolute Gasteiger partial charge is 0.361 e. The first-order valence-corrected chi connectivity index (χ1v) is 6.80. The number of aromatic nitrogens is 1. The van der Waals surface area contributed by atoms with Crippen LogP contribution in [0.4, 0.5) is 0 Å². The van der Waals surface area contributed by atoms with Crippen LogP contribution in [-0.4, -0.2) is 66.0 Å². The van der Waals surface area contributed by atoms with Crippen molar-refractivity contribution in [3.63, 3.8) is 0 Å². The van der Waals surface area contributed by atoms with Crippen molar-refractivity contribution in [1.82, 2.24) is 19.7 Å². The van der Waals surface area contributed by atoms with E-state index in [9.17, 15) is 0 Å². The fourth-order valence-corrected chi connectivity index (χ4v) is 2.38. The molecule has 1 aromatic heterocycles. The highest BCUT2D eigenvalue weighted by Gasteiger charge is 2.24. The van der Waals surface area contributed by atoms with Crippen molar-refractivity contribution >= 4 is 11.9 Å². The van der Waals surface area contributed by atoms with Gasteiger partial charge in [-0.15, -0.1) is 0 Å². The first-order chi connectivity index (χ1) is 9.38. The maximum Gasteiger partial charge on any atom is 0.205 e. The van der Waals surface area contributed by atoms with Gasteiger partial charge >= 0.3 is 0 Å². The van der Waals surface area contributed by atoms with Crippen LogP contribution in [0.2, 0.25) is 0 Å². The summed E-state index contributed by atoms with van der Waals surface area (Å²) < 4.78 is 0. The van der Waals surface area contributed by atoms with Crippen molar-refractivity contribution in [2.45, 2.75) is 26.6 Å². The number of hydrogen-bond donors (Lipinski definition) is 1. The quantitative estimate of drug-likeness (QED) is 0.886. The predicted molar refractivity (Wildman–Crippen MR) is 82.8 cm³/mol. The van der Waals surface area contributed by atoms with Crippen molar-refractivity contribution in [2.75, 3.05) is 28.2 Å². The number of nitrogens with one attached hydrogen (secondary N) is 1. The predicted octanol–water partition coefficient (Wildman–Crippen LogP) is 1.32. The van der Waals surface area contributed by atoms with Gasteiger partial charge in [0.25, 0.3) is 0 Å². The molecule has 1 N–H and O–H groups in total. The number of H-pyrrole nitrogens is 1. The average Bonchev–Trinajstić information content (AvgIpc) is 2.76.